The number of ether oxygens (including phenoxy) is 1. The van der Waals surface area contributed by atoms with E-state index < -0.39 is 0 Å². The van der Waals surface area contributed by atoms with Gasteiger partial charge < -0.3 is 4.74 Å². The van der Waals surface area contributed by atoms with Crippen molar-refractivity contribution in [2.75, 3.05) is 7.11 Å². The maximum Gasteiger partial charge on any atom is 0.0956 e. The number of rotatable bonds is 18. The zero-order chi connectivity index (χ0) is 16.3. The Hall–Kier alpha value is -0.460. The SMILES string of the molecule is [CH]=C(CCCCCCCCCCCCCCCCCC)OC. The van der Waals surface area contributed by atoms with E-state index in [9.17, 15) is 0 Å². The van der Waals surface area contributed by atoms with Crippen molar-refractivity contribution in [1.82, 2.24) is 0 Å². The monoisotopic (exact) mass is 309 g/mol. The van der Waals surface area contributed by atoms with Crippen molar-refractivity contribution < 1.29 is 4.74 Å². The molecule has 0 N–H and O–H groups in total. The second kappa shape index (κ2) is 18.6. The third-order valence-corrected chi connectivity index (χ3v) is 4.54. The Balaban J connectivity index is 2.98. The summed E-state index contributed by atoms with van der Waals surface area (Å²) in [6, 6.07) is 0. The minimum atomic E-state index is 0.686. The molecule has 22 heavy (non-hydrogen) atoms. The van der Waals surface area contributed by atoms with Gasteiger partial charge in [-0.05, 0) is 13.0 Å². The highest BCUT2D eigenvalue weighted by Crippen LogP contribution is 2.14. The molecule has 1 radical (unpaired) electrons. The molecule has 0 atom stereocenters. The lowest BCUT2D eigenvalue weighted by atomic mass is 10.0. The molecule has 1 nitrogen and oxygen atoms in total. The summed E-state index contributed by atoms with van der Waals surface area (Å²) >= 11 is 0. The molecule has 0 saturated heterocycles. The Labute approximate surface area is 140 Å². The van der Waals surface area contributed by atoms with Crippen LogP contribution in [0.4, 0.5) is 0 Å². The maximum absolute atomic E-state index is 5.63. The van der Waals surface area contributed by atoms with Crippen LogP contribution >= 0.6 is 0 Å². The Bertz CT molecular complexity index is 222. The largest absolute Gasteiger partial charge is 0.501 e. The van der Waals surface area contributed by atoms with E-state index in [2.05, 4.69) is 6.92 Å². The quantitative estimate of drug-likeness (QED) is 0.187. The van der Waals surface area contributed by atoms with Crippen molar-refractivity contribution >= 4 is 0 Å². The molecule has 0 fully saturated rings. The normalized spacial score (nSPS) is 10.8. The minimum Gasteiger partial charge on any atom is -0.501 e. The van der Waals surface area contributed by atoms with Crippen molar-refractivity contribution in [2.45, 2.75) is 116 Å². The molecule has 131 valence electrons. The first-order chi connectivity index (χ1) is 10.8. The van der Waals surface area contributed by atoms with Gasteiger partial charge in [-0.1, -0.05) is 103 Å². The van der Waals surface area contributed by atoms with Crippen molar-refractivity contribution in [3.8, 4) is 0 Å². The Kier molecular flexibility index (Phi) is 18.2. The molecule has 0 spiro atoms. The highest BCUT2D eigenvalue weighted by atomic mass is 16.5. The van der Waals surface area contributed by atoms with Gasteiger partial charge in [-0.15, -0.1) is 0 Å². The summed E-state index contributed by atoms with van der Waals surface area (Å²) < 4.78 is 4.97. The summed E-state index contributed by atoms with van der Waals surface area (Å²) in [4.78, 5) is 0. The molecule has 1 heteroatoms. The van der Waals surface area contributed by atoms with Gasteiger partial charge in [-0.2, -0.15) is 0 Å². The highest BCUT2D eigenvalue weighted by molar-refractivity contribution is 4.77. The molecule has 0 aromatic carbocycles. The van der Waals surface area contributed by atoms with Crippen LogP contribution in [0.5, 0.6) is 0 Å². The molecule has 0 bridgehead atoms. The molecule has 0 aromatic rings. The fourth-order valence-electron chi connectivity index (χ4n) is 2.95. The summed E-state index contributed by atoms with van der Waals surface area (Å²) in [5, 5.41) is 0. The number of hydrogen-bond acceptors (Lipinski definition) is 1. The van der Waals surface area contributed by atoms with Crippen LogP contribution in [0.3, 0.4) is 0 Å². The first kappa shape index (κ1) is 21.5. The Morgan fingerprint density at radius 2 is 0.909 bits per heavy atom. The summed E-state index contributed by atoms with van der Waals surface area (Å²) in [6.45, 7) is 7.92. The predicted molar refractivity (Wildman–Crippen MR) is 99.0 cm³/mol. The van der Waals surface area contributed by atoms with Gasteiger partial charge in [0.15, 0.2) is 0 Å². The smallest absolute Gasteiger partial charge is 0.0956 e. The van der Waals surface area contributed by atoms with Gasteiger partial charge in [0.25, 0.3) is 0 Å². The maximum atomic E-state index is 5.63. The van der Waals surface area contributed by atoms with Crippen molar-refractivity contribution in [2.24, 2.45) is 0 Å². The summed E-state index contributed by atoms with van der Waals surface area (Å²) in [7, 11) is 1.65. The van der Waals surface area contributed by atoms with Crippen molar-refractivity contribution in [3.63, 3.8) is 0 Å². The van der Waals surface area contributed by atoms with E-state index in [0.29, 0.717) is 5.76 Å². The van der Waals surface area contributed by atoms with E-state index in [4.69, 9.17) is 11.3 Å². The molecule has 0 saturated carbocycles. The van der Waals surface area contributed by atoms with E-state index in [1.54, 1.807) is 7.11 Å². The first-order valence-corrected chi connectivity index (χ1v) is 9.96. The second-order valence-electron chi connectivity index (χ2n) is 6.72. The molecule has 0 aliphatic heterocycles. The topological polar surface area (TPSA) is 9.23 Å². The Morgan fingerprint density at radius 1 is 0.591 bits per heavy atom. The van der Waals surface area contributed by atoms with Gasteiger partial charge >= 0.3 is 0 Å². The Morgan fingerprint density at radius 3 is 1.23 bits per heavy atom. The van der Waals surface area contributed by atoms with Crippen LogP contribution in [0.15, 0.2) is 5.76 Å². The van der Waals surface area contributed by atoms with Crippen LogP contribution in [0.1, 0.15) is 116 Å². The minimum absolute atomic E-state index is 0.686. The van der Waals surface area contributed by atoms with Gasteiger partial charge in [0.1, 0.15) is 0 Å². The van der Waals surface area contributed by atoms with Gasteiger partial charge in [-0.25, -0.2) is 0 Å². The van der Waals surface area contributed by atoms with Crippen LogP contribution in [0.2, 0.25) is 0 Å². The van der Waals surface area contributed by atoms with Gasteiger partial charge in [0.2, 0.25) is 0 Å². The van der Waals surface area contributed by atoms with E-state index in [0.717, 1.165) is 6.42 Å². The predicted octanol–water partition coefficient (Wildman–Crippen LogP) is 7.60. The average Bonchev–Trinajstić information content (AvgIpc) is 2.54. The van der Waals surface area contributed by atoms with Crippen molar-refractivity contribution in [3.05, 3.63) is 12.3 Å². The molecule has 0 unspecified atom stereocenters. The molecule has 0 aliphatic carbocycles. The third-order valence-electron chi connectivity index (χ3n) is 4.54. The summed E-state index contributed by atoms with van der Waals surface area (Å²) in [5.74, 6) is 0.686. The molecular weight excluding hydrogens is 268 g/mol. The van der Waals surface area contributed by atoms with Crippen LogP contribution in [0, 0.1) is 6.58 Å². The number of unbranched alkanes of at least 4 members (excludes halogenated alkanes) is 15. The summed E-state index contributed by atoms with van der Waals surface area (Å²) in [6.07, 6.45) is 23.4. The first-order valence-electron chi connectivity index (χ1n) is 9.96. The highest BCUT2D eigenvalue weighted by Gasteiger charge is 1.96. The molecule has 0 amide bonds. The third kappa shape index (κ3) is 17.6. The lowest BCUT2D eigenvalue weighted by molar-refractivity contribution is 0.274. The average molecular weight is 310 g/mol. The lowest BCUT2D eigenvalue weighted by Crippen LogP contribution is -1.86. The molecule has 0 rings (SSSR count). The second-order valence-corrected chi connectivity index (χ2v) is 6.72. The molecular formula is C21H41O. The lowest BCUT2D eigenvalue weighted by Gasteiger charge is -2.04. The van der Waals surface area contributed by atoms with Gasteiger partial charge in [-0.3, -0.25) is 0 Å². The van der Waals surface area contributed by atoms with E-state index in [1.165, 1.54) is 103 Å². The summed E-state index contributed by atoms with van der Waals surface area (Å²) in [5.41, 5.74) is 0. The van der Waals surface area contributed by atoms with E-state index in [-0.39, 0.29) is 0 Å². The van der Waals surface area contributed by atoms with Gasteiger partial charge in [0.05, 0.1) is 12.9 Å². The fraction of sp³-hybridized carbons (Fsp3) is 0.905. The van der Waals surface area contributed by atoms with Crippen molar-refractivity contribution in [1.29, 1.82) is 0 Å². The number of allylic oxidation sites excluding steroid dienone is 1. The van der Waals surface area contributed by atoms with E-state index >= 15 is 0 Å². The fourth-order valence-corrected chi connectivity index (χ4v) is 2.95. The van der Waals surface area contributed by atoms with Crippen LogP contribution < -0.4 is 0 Å². The van der Waals surface area contributed by atoms with E-state index in [1.807, 2.05) is 0 Å². The van der Waals surface area contributed by atoms with Crippen LogP contribution in [-0.4, -0.2) is 7.11 Å². The molecule has 0 aliphatic rings. The van der Waals surface area contributed by atoms with Crippen LogP contribution in [-0.2, 0) is 4.74 Å². The van der Waals surface area contributed by atoms with Gasteiger partial charge in [0, 0.05) is 6.42 Å². The van der Waals surface area contributed by atoms with Crippen LogP contribution in [0.25, 0.3) is 0 Å². The zero-order valence-electron chi connectivity index (χ0n) is 15.5. The number of hydrogen-bond donors (Lipinski definition) is 0. The standard InChI is InChI=1S/C21H41O/c1-4-5-6-7-8-9-10-11-12-13-14-15-16-17-18-19-20-21(2)22-3/h2H,4-20H2,1,3H3. The zero-order valence-corrected chi connectivity index (χ0v) is 15.5. The number of methoxy groups -OCH3 is 1. The molecule has 0 aromatic heterocycles. The molecule has 0 heterocycles.